The van der Waals surface area contributed by atoms with E-state index in [1.54, 1.807) is 0 Å². The summed E-state index contributed by atoms with van der Waals surface area (Å²) in [4.78, 5) is 0. The molecule has 0 unspecified atom stereocenters. The van der Waals surface area contributed by atoms with Crippen LogP contribution >= 0.6 is 7.92 Å². The van der Waals surface area contributed by atoms with Crippen LogP contribution in [0.2, 0.25) is 0 Å². The first kappa shape index (κ1) is 20.3. The van der Waals surface area contributed by atoms with Crippen LogP contribution in [0.3, 0.4) is 0 Å². The smallest absolute Gasteiger partial charge is 0.00135 e. The highest BCUT2D eigenvalue weighted by Gasteiger charge is 2.17. The predicted molar refractivity (Wildman–Crippen MR) is 132 cm³/mol. The van der Waals surface area contributed by atoms with Crippen molar-refractivity contribution in [2.24, 2.45) is 0 Å². The number of benzene rings is 4. The second-order valence-corrected chi connectivity index (χ2v) is 9.44. The van der Waals surface area contributed by atoms with Crippen molar-refractivity contribution in [1.29, 1.82) is 0 Å². The second kappa shape index (κ2) is 10.2. The van der Waals surface area contributed by atoms with E-state index in [0.29, 0.717) is 0 Å². The summed E-state index contributed by atoms with van der Waals surface area (Å²) in [5, 5.41) is 2.84. The van der Waals surface area contributed by atoms with E-state index in [1.165, 1.54) is 27.3 Å². The minimum absolute atomic E-state index is 0.474. The molecule has 1 heteroatoms. The first-order chi connectivity index (χ1) is 14.8. The standard InChI is InChI=1S/C29H26P/c1-2-25(22-24-14-6-3-7-15-24)29-21-13-12-16-26(29)23-30(27-17-8-4-9-18-27)28-19-10-5-11-20-28/h3-21H,2,23H2,1H3. The van der Waals surface area contributed by atoms with E-state index in [0.717, 1.165) is 18.1 Å². The van der Waals surface area contributed by atoms with Crippen LogP contribution in [0.4, 0.5) is 0 Å². The molecule has 0 saturated carbocycles. The van der Waals surface area contributed by atoms with Crippen molar-refractivity contribution in [3.63, 3.8) is 0 Å². The molecule has 0 heterocycles. The van der Waals surface area contributed by atoms with Crippen molar-refractivity contribution >= 4 is 24.1 Å². The van der Waals surface area contributed by atoms with E-state index in [-0.39, 0.29) is 0 Å². The van der Waals surface area contributed by atoms with Gasteiger partial charge < -0.3 is 0 Å². The van der Waals surface area contributed by atoms with Crippen molar-refractivity contribution < 1.29 is 0 Å². The van der Waals surface area contributed by atoms with Gasteiger partial charge in [0.1, 0.15) is 0 Å². The first-order valence-electron chi connectivity index (χ1n) is 10.5. The van der Waals surface area contributed by atoms with E-state index in [1.807, 2.05) is 0 Å². The van der Waals surface area contributed by atoms with Gasteiger partial charge in [-0.2, -0.15) is 0 Å². The van der Waals surface area contributed by atoms with Gasteiger partial charge in [-0.1, -0.05) is 122 Å². The molecule has 0 amide bonds. The quantitative estimate of drug-likeness (QED) is 0.230. The van der Waals surface area contributed by atoms with Gasteiger partial charge in [0, 0.05) is 6.16 Å². The lowest BCUT2D eigenvalue weighted by molar-refractivity contribution is 1.21. The summed E-state index contributed by atoms with van der Waals surface area (Å²) in [6, 6.07) is 41.2. The van der Waals surface area contributed by atoms with Gasteiger partial charge in [-0.05, 0) is 53.3 Å². The van der Waals surface area contributed by atoms with Crippen LogP contribution in [-0.2, 0) is 6.16 Å². The van der Waals surface area contributed by atoms with Gasteiger partial charge in [-0.25, -0.2) is 0 Å². The van der Waals surface area contributed by atoms with Gasteiger partial charge in [0.15, 0.2) is 0 Å². The lowest BCUT2D eigenvalue weighted by Gasteiger charge is -2.21. The molecule has 0 atom stereocenters. The summed E-state index contributed by atoms with van der Waals surface area (Å²) in [6.07, 6.45) is 5.65. The molecule has 4 aromatic carbocycles. The molecular weight excluding hydrogens is 379 g/mol. The van der Waals surface area contributed by atoms with Gasteiger partial charge >= 0.3 is 0 Å². The van der Waals surface area contributed by atoms with Crippen molar-refractivity contribution in [2.45, 2.75) is 19.5 Å². The minimum atomic E-state index is -0.474. The number of allylic oxidation sites excluding steroid dienone is 1. The van der Waals surface area contributed by atoms with Crippen LogP contribution in [0, 0.1) is 6.08 Å². The van der Waals surface area contributed by atoms with Gasteiger partial charge in [-0.3, -0.25) is 0 Å². The molecule has 0 aliphatic carbocycles. The molecule has 0 fully saturated rings. The predicted octanol–water partition coefficient (Wildman–Crippen LogP) is 6.96. The lowest BCUT2D eigenvalue weighted by Crippen LogP contribution is -2.13. The fourth-order valence-electron chi connectivity index (χ4n) is 3.71. The Morgan fingerprint density at radius 1 is 0.633 bits per heavy atom. The maximum Gasteiger partial charge on any atom is 0.00135 e. The minimum Gasteiger partial charge on any atom is -0.0622 e. The van der Waals surface area contributed by atoms with E-state index in [4.69, 9.17) is 0 Å². The maximum atomic E-state index is 3.66. The van der Waals surface area contributed by atoms with E-state index < -0.39 is 7.92 Å². The molecule has 147 valence electrons. The number of rotatable bonds is 7. The molecule has 0 saturated heterocycles. The molecule has 0 bridgehead atoms. The average Bonchev–Trinajstić information content (AvgIpc) is 2.83. The van der Waals surface area contributed by atoms with Crippen LogP contribution < -0.4 is 10.6 Å². The summed E-state index contributed by atoms with van der Waals surface area (Å²) in [5.74, 6) is 0. The summed E-state index contributed by atoms with van der Waals surface area (Å²) < 4.78 is 0. The van der Waals surface area contributed by atoms with Crippen LogP contribution in [0.1, 0.15) is 30.0 Å². The van der Waals surface area contributed by atoms with Crippen LogP contribution in [0.25, 0.3) is 5.57 Å². The summed E-state index contributed by atoms with van der Waals surface area (Å²) in [7, 11) is -0.474. The zero-order chi connectivity index (χ0) is 20.6. The Kier molecular flexibility index (Phi) is 6.91. The van der Waals surface area contributed by atoms with Crippen LogP contribution in [-0.4, -0.2) is 0 Å². The molecule has 4 aromatic rings. The molecule has 30 heavy (non-hydrogen) atoms. The molecule has 1 radical (unpaired) electrons. The molecule has 0 spiro atoms. The largest absolute Gasteiger partial charge is 0.0622 e. The summed E-state index contributed by atoms with van der Waals surface area (Å²) in [6.45, 7) is 2.22. The van der Waals surface area contributed by atoms with Crippen molar-refractivity contribution in [2.75, 3.05) is 0 Å². The molecule has 0 aliphatic rings. The average molecular weight is 406 g/mol. The molecule has 0 aromatic heterocycles. The Morgan fingerprint density at radius 2 is 1.13 bits per heavy atom. The zero-order valence-corrected chi connectivity index (χ0v) is 18.2. The second-order valence-electron chi connectivity index (χ2n) is 7.24. The third kappa shape index (κ3) is 4.96. The normalized spacial score (nSPS) is 11.6. The Balaban J connectivity index is 1.74. The third-order valence-corrected chi connectivity index (χ3v) is 7.73. The topological polar surface area (TPSA) is 0 Å². The molecular formula is C29H26P. The summed E-state index contributed by atoms with van der Waals surface area (Å²) >= 11 is 0. The van der Waals surface area contributed by atoms with E-state index in [9.17, 15) is 0 Å². The lowest BCUT2D eigenvalue weighted by atomic mass is 9.96. The van der Waals surface area contributed by atoms with Crippen LogP contribution in [0.15, 0.2) is 115 Å². The Bertz CT molecular complexity index is 1040. The molecule has 0 N–H and O–H groups in total. The molecule has 4 rings (SSSR count). The SMILES string of the molecule is CCC(=[C]c1ccccc1)c1ccccc1CP(c1ccccc1)c1ccccc1. The van der Waals surface area contributed by atoms with Crippen molar-refractivity contribution in [1.82, 2.24) is 0 Å². The molecule has 0 nitrogen and oxygen atoms in total. The van der Waals surface area contributed by atoms with Gasteiger partial charge in [0.25, 0.3) is 0 Å². The zero-order valence-electron chi connectivity index (χ0n) is 17.3. The van der Waals surface area contributed by atoms with Crippen molar-refractivity contribution in [3.8, 4) is 0 Å². The number of hydrogen-bond acceptors (Lipinski definition) is 0. The van der Waals surface area contributed by atoms with Crippen LogP contribution in [0.5, 0.6) is 0 Å². The Morgan fingerprint density at radius 3 is 1.70 bits per heavy atom. The fraction of sp³-hybridized carbons (Fsp3) is 0.103. The summed E-state index contributed by atoms with van der Waals surface area (Å²) in [5.41, 5.74) is 5.13. The van der Waals surface area contributed by atoms with Crippen molar-refractivity contribution in [3.05, 3.63) is 138 Å². The first-order valence-corrected chi connectivity index (χ1v) is 12.0. The number of hydrogen-bond donors (Lipinski definition) is 0. The molecule has 0 aliphatic heterocycles. The Hall–Kier alpha value is -2.95. The van der Waals surface area contributed by atoms with Gasteiger partial charge in [-0.15, -0.1) is 0 Å². The third-order valence-electron chi connectivity index (χ3n) is 5.23. The van der Waals surface area contributed by atoms with E-state index >= 15 is 0 Å². The highest BCUT2D eigenvalue weighted by molar-refractivity contribution is 7.72. The van der Waals surface area contributed by atoms with E-state index in [2.05, 4.69) is 128 Å². The Labute approximate surface area is 181 Å². The van der Waals surface area contributed by atoms with Gasteiger partial charge in [0.05, 0.1) is 0 Å². The highest BCUT2D eigenvalue weighted by atomic mass is 31.1. The monoisotopic (exact) mass is 405 g/mol. The van der Waals surface area contributed by atoms with Gasteiger partial charge in [0.2, 0.25) is 0 Å². The maximum absolute atomic E-state index is 3.66. The highest BCUT2D eigenvalue weighted by Crippen LogP contribution is 2.40. The fourth-order valence-corrected chi connectivity index (χ4v) is 6.06.